The van der Waals surface area contributed by atoms with Gasteiger partial charge in [0.05, 0.1) is 23.2 Å². The van der Waals surface area contributed by atoms with Crippen molar-refractivity contribution in [2.45, 2.75) is 19.1 Å². The van der Waals surface area contributed by atoms with Crippen LogP contribution in [0.4, 0.5) is 13.2 Å². The van der Waals surface area contributed by atoms with Gasteiger partial charge in [-0.15, -0.1) is 0 Å². The molecule has 8 heteroatoms. The van der Waals surface area contributed by atoms with E-state index in [4.69, 9.17) is 27.9 Å². The van der Waals surface area contributed by atoms with E-state index in [1.54, 1.807) is 6.92 Å². The number of halogens is 5. The highest BCUT2D eigenvalue weighted by molar-refractivity contribution is 6.42. The summed E-state index contributed by atoms with van der Waals surface area (Å²) in [4.78, 5) is 11.7. The number of nitrogens with one attached hydrogen (secondary N) is 1. The Morgan fingerprint density at radius 2 is 2.00 bits per heavy atom. The van der Waals surface area contributed by atoms with E-state index in [1.807, 2.05) is 0 Å². The summed E-state index contributed by atoms with van der Waals surface area (Å²) in [5, 5.41) is 2.50. The molecule has 0 aliphatic rings. The second-order valence-electron chi connectivity index (χ2n) is 3.85. The molecule has 1 atom stereocenters. The molecule has 1 N–H and O–H groups in total. The van der Waals surface area contributed by atoms with Gasteiger partial charge in [-0.05, 0) is 24.6 Å². The Hall–Kier alpha value is -0.980. The molecule has 0 heterocycles. The molecule has 112 valence electrons. The van der Waals surface area contributed by atoms with Crippen LogP contribution in [-0.4, -0.2) is 25.3 Å². The van der Waals surface area contributed by atoms with Gasteiger partial charge >= 0.3 is 12.1 Å². The Morgan fingerprint density at radius 1 is 1.35 bits per heavy atom. The number of ether oxygens (including phenoxy) is 1. The van der Waals surface area contributed by atoms with Crippen molar-refractivity contribution in [1.82, 2.24) is 5.32 Å². The molecule has 1 aromatic rings. The van der Waals surface area contributed by atoms with Crippen molar-refractivity contribution in [2.75, 3.05) is 13.2 Å². The molecular formula is C12H12Cl2F3NO2. The lowest BCUT2D eigenvalue weighted by atomic mass is 10.1. The van der Waals surface area contributed by atoms with Gasteiger partial charge < -0.3 is 4.74 Å². The van der Waals surface area contributed by atoms with E-state index in [1.165, 1.54) is 18.2 Å². The molecule has 0 aliphatic heterocycles. The molecule has 0 radical (unpaired) electrons. The fourth-order valence-electron chi connectivity index (χ4n) is 1.47. The summed E-state index contributed by atoms with van der Waals surface area (Å²) in [6.07, 6.45) is -4.44. The van der Waals surface area contributed by atoms with Crippen molar-refractivity contribution in [3.05, 3.63) is 33.8 Å². The zero-order chi connectivity index (χ0) is 15.3. The van der Waals surface area contributed by atoms with Crippen LogP contribution in [0, 0.1) is 0 Å². The molecule has 0 fully saturated rings. The van der Waals surface area contributed by atoms with Crippen LogP contribution in [0.5, 0.6) is 0 Å². The first kappa shape index (κ1) is 17.1. The Morgan fingerprint density at radius 3 is 2.50 bits per heavy atom. The zero-order valence-corrected chi connectivity index (χ0v) is 11.9. The standard InChI is InChI=1S/C12H12Cl2F3NO2/c1-2-20-11(19)10(18-6-12(15,16)17)7-3-4-8(13)9(14)5-7/h3-5,10,18H,2,6H2,1H3. The fourth-order valence-corrected chi connectivity index (χ4v) is 1.78. The van der Waals surface area contributed by atoms with E-state index >= 15 is 0 Å². The summed E-state index contributed by atoms with van der Waals surface area (Å²) in [6.45, 7) is 0.300. The normalized spacial score (nSPS) is 13.1. The number of esters is 1. The monoisotopic (exact) mass is 329 g/mol. The summed E-state index contributed by atoms with van der Waals surface area (Å²) in [5.41, 5.74) is 0.252. The summed E-state index contributed by atoms with van der Waals surface area (Å²) in [5.74, 6) is -0.810. The van der Waals surface area contributed by atoms with Gasteiger partial charge in [0, 0.05) is 0 Å². The first-order valence-corrected chi connectivity index (χ1v) is 6.42. The number of hydrogen-bond acceptors (Lipinski definition) is 3. The Balaban J connectivity index is 2.96. The van der Waals surface area contributed by atoms with Gasteiger partial charge in [-0.1, -0.05) is 29.3 Å². The first-order chi connectivity index (χ1) is 9.24. The van der Waals surface area contributed by atoms with Gasteiger partial charge in [-0.3, -0.25) is 5.32 Å². The molecule has 0 saturated carbocycles. The number of carbonyl (C=O) groups excluding carboxylic acids is 1. The maximum Gasteiger partial charge on any atom is 0.401 e. The molecule has 20 heavy (non-hydrogen) atoms. The second-order valence-corrected chi connectivity index (χ2v) is 4.67. The molecule has 0 saturated heterocycles. The van der Waals surface area contributed by atoms with Gasteiger partial charge in [0.1, 0.15) is 6.04 Å². The van der Waals surface area contributed by atoms with E-state index in [0.29, 0.717) is 0 Å². The van der Waals surface area contributed by atoms with Gasteiger partial charge in [0.15, 0.2) is 0 Å². The third kappa shape index (κ3) is 5.19. The van der Waals surface area contributed by atoms with Crippen molar-refractivity contribution < 1.29 is 22.7 Å². The number of hydrogen-bond donors (Lipinski definition) is 1. The van der Waals surface area contributed by atoms with Crippen LogP contribution >= 0.6 is 23.2 Å². The van der Waals surface area contributed by atoms with Gasteiger partial charge in [-0.25, -0.2) is 4.79 Å². The third-order valence-electron chi connectivity index (χ3n) is 2.31. The van der Waals surface area contributed by atoms with Crippen molar-refractivity contribution in [1.29, 1.82) is 0 Å². The predicted octanol–water partition coefficient (Wildman–Crippen LogP) is 3.75. The van der Waals surface area contributed by atoms with Crippen LogP contribution in [0.15, 0.2) is 18.2 Å². The van der Waals surface area contributed by atoms with Gasteiger partial charge in [-0.2, -0.15) is 13.2 Å². The summed E-state index contributed by atoms with van der Waals surface area (Å²) < 4.78 is 41.5. The van der Waals surface area contributed by atoms with E-state index < -0.39 is 24.7 Å². The molecule has 0 aromatic heterocycles. The molecule has 0 spiro atoms. The highest BCUT2D eigenvalue weighted by atomic mass is 35.5. The van der Waals surface area contributed by atoms with Crippen molar-refractivity contribution in [3.8, 4) is 0 Å². The van der Waals surface area contributed by atoms with E-state index in [9.17, 15) is 18.0 Å². The van der Waals surface area contributed by atoms with Crippen LogP contribution in [-0.2, 0) is 9.53 Å². The van der Waals surface area contributed by atoms with Gasteiger partial charge in [0.25, 0.3) is 0 Å². The van der Waals surface area contributed by atoms with E-state index in [2.05, 4.69) is 5.32 Å². The SMILES string of the molecule is CCOC(=O)C(NCC(F)(F)F)c1ccc(Cl)c(Cl)c1. The summed E-state index contributed by atoms with van der Waals surface area (Å²) in [7, 11) is 0. The molecule has 1 unspecified atom stereocenters. The van der Waals surface area contributed by atoms with E-state index in [-0.39, 0.29) is 22.2 Å². The van der Waals surface area contributed by atoms with E-state index in [0.717, 1.165) is 0 Å². The van der Waals surface area contributed by atoms with Crippen molar-refractivity contribution in [2.24, 2.45) is 0 Å². The summed E-state index contributed by atoms with van der Waals surface area (Å²) >= 11 is 11.5. The molecule has 0 bridgehead atoms. The zero-order valence-electron chi connectivity index (χ0n) is 10.4. The molecular weight excluding hydrogens is 318 g/mol. The van der Waals surface area contributed by atoms with Crippen LogP contribution in [0.3, 0.4) is 0 Å². The Labute approximate surface area is 124 Å². The average Bonchev–Trinajstić information content (AvgIpc) is 2.32. The minimum atomic E-state index is -4.44. The van der Waals surface area contributed by atoms with Crippen LogP contribution in [0.25, 0.3) is 0 Å². The minimum absolute atomic E-state index is 0.0599. The molecule has 1 rings (SSSR count). The largest absolute Gasteiger partial charge is 0.465 e. The maximum atomic E-state index is 12.3. The molecule has 3 nitrogen and oxygen atoms in total. The highest BCUT2D eigenvalue weighted by Crippen LogP contribution is 2.27. The second kappa shape index (κ2) is 7.15. The first-order valence-electron chi connectivity index (χ1n) is 5.66. The predicted molar refractivity (Wildman–Crippen MR) is 69.9 cm³/mol. The number of alkyl halides is 3. The summed E-state index contributed by atoms with van der Waals surface area (Å²) in [6, 6.07) is 2.89. The van der Waals surface area contributed by atoms with Crippen molar-refractivity contribution in [3.63, 3.8) is 0 Å². The van der Waals surface area contributed by atoms with Crippen LogP contribution in [0.1, 0.15) is 18.5 Å². The lowest BCUT2D eigenvalue weighted by molar-refractivity contribution is -0.149. The fraction of sp³-hybridized carbons (Fsp3) is 0.417. The molecule has 1 aromatic carbocycles. The highest BCUT2D eigenvalue weighted by Gasteiger charge is 2.31. The number of carbonyl (C=O) groups is 1. The topological polar surface area (TPSA) is 38.3 Å². The average molecular weight is 330 g/mol. The Kier molecular flexibility index (Phi) is 6.10. The lowest BCUT2D eigenvalue weighted by Gasteiger charge is -2.19. The van der Waals surface area contributed by atoms with Crippen LogP contribution < -0.4 is 5.32 Å². The van der Waals surface area contributed by atoms with Crippen LogP contribution in [0.2, 0.25) is 10.0 Å². The third-order valence-corrected chi connectivity index (χ3v) is 3.04. The molecule has 0 amide bonds. The minimum Gasteiger partial charge on any atom is -0.465 e. The maximum absolute atomic E-state index is 12.3. The van der Waals surface area contributed by atoms with Gasteiger partial charge in [0.2, 0.25) is 0 Å². The Bertz CT molecular complexity index is 480. The quantitative estimate of drug-likeness (QED) is 0.836. The molecule has 0 aliphatic carbocycles. The lowest BCUT2D eigenvalue weighted by Crippen LogP contribution is -2.36. The number of rotatable bonds is 5. The smallest absolute Gasteiger partial charge is 0.401 e. The van der Waals surface area contributed by atoms with Crippen molar-refractivity contribution >= 4 is 29.2 Å². The number of benzene rings is 1.